The number of hydrogen-bond donors (Lipinski definition) is 2. The Hall–Kier alpha value is -0.610. The lowest BCUT2D eigenvalue weighted by molar-refractivity contribution is -0.128. The summed E-state index contributed by atoms with van der Waals surface area (Å²) in [7, 11) is 0. The van der Waals surface area contributed by atoms with Gasteiger partial charge in [0.1, 0.15) is 0 Å². The quantitative estimate of drug-likeness (QED) is 0.238. The van der Waals surface area contributed by atoms with Crippen LogP contribution in [0.3, 0.4) is 0 Å². The summed E-state index contributed by atoms with van der Waals surface area (Å²) in [6.45, 7) is 13.3. The maximum absolute atomic E-state index is 11.9. The van der Waals surface area contributed by atoms with Crippen LogP contribution >= 0.6 is 24.0 Å². The number of rotatable bonds is 7. The van der Waals surface area contributed by atoms with Crippen molar-refractivity contribution in [1.29, 1.82) is 0 Å². The SMILES string of the molecule is CCNC(=NCCNC(=O)C(C)(C)C)N1CCC(OCC2CCCO2)CC1.I. The second-order valence-electron chi connectivity index (χ2n) is 8.40. The number of likely N-dealkylation sites (tertiary alicyclic amines) is 1. The van der Waals surface area contributed by atoms with Gasteiger partial charge in [-0.05, 0) is 32.6 Å². The van der Waals surface area contributed by atoms with Crippen LogP contribution in [0, 0.1) is 5.41 Å². The lowest BCUT2D eigenvalue weighted by Crippen LogP contribution is -2.47. The van der Waals surface area contributed by atoms with Gasteiger partial charge in [0.05, 0.1) is 25.4 Å². The Kier molecular flexibility index (Phi) is 11.7. The van der Waals surface area contributed by atoms with Gasteiger partial charge in [-0.3, -0.25) is 9.79 Å². The average molecular weight is 510 g/mol. The van der Waals surface area contributed by atoms with Gasteiger partial charge in [-0.2, -0.15) is 0 Å². The molecule has 0 spiro atoms. The summed E-state index contributed by atoms with van der Waals surface area (Å²) in [5.74, 6) is 0.993. The van der Waals surface area contributed by atoms with Crippen molar-refractivity contribution in [3.05, 3.63) is 0 Å². The van der Waals surface area contributed by atoms with Gasteiger partial charge in [-0.15, -0.1) is 24.0 Å². The monoisotopic (exact) mass is 510 g/mol. The highest BCUT2D eigenvalue weighted by Gasteiger charge is 2.24. The standard InChI is InChI=1S/C20H38N4O3.HI/c1-5-21-19(23-11-10-22-18(25)20(2,3)4)24-12-8-16(9-13-24)27-15-17-7-6-14-26-17;/h16-17H,5-15H2,1-4H3,(H,21,23)(H,22,25);1H. The van der Waals surface area contributed by atoms with Gasteiger partial charge in [0.2, 0.25) is 5.91 Å². The molecule has 2 heterocycles. The van der Waals surface area contributed by atoms with Crippen LogP contribution in [0.25, 0.3) is 0 Å². The zero-order chi connectivity index (χ0) is 19.7. The van der Waals surface area contributed by atoms with E-state index in [1.165, 1.54) is 0 Å². The molecule has 2 aliphatic rings. The summed E-state index contributed by atoms with van der Waals surface area (Å²) < 4.78 is 11.7. The van der Waals surface area contributed by atoms with Crippen LogP contribution in [-0.4, -0.2) is 74.9 Å². The first kappa shape index (κ1) is 25.4. The second kappa shape index (κ2) is 12.8. The van der Waals surface area contributed by atoms with E-state index in [0.29, 0.717) is 25.3 Å². The first-order valence-corrected chi connectivity index (χ1v) is 10.4. The summed E-state index contributed by atoms with van der Waals surface area (Å²) >= 11 is 0. The van der Waals surface area contributed by atoms with Crippen LogP contribution in [0.1, 0.15) is 53.4 Å². The number of hydrogen-bond acceptors (Lipinski definition) is 4. The van der Waals surface area contributed by atoms with E-state index in [2.05, 4.69) is 27.4 Å². The van der Waals surface area contributed by atoms with Crippen LogP contribution in [-0.2, 0) is 14.3 Å². The van der Waals surface area contributed by atoms with E-state index in [0.717, 1.165) is 64.5 Å². The minimum absolute atomic E-state index is 0. The first-order valence-electron chi connectivity index (χ1n) is 10.4. The van der Waals surface area contributed by atoms with E-state index in [1.807, 2.05) is 20.8 Å². The molecule has 8 heteroatoms. The molecule has 0 aromatic heterocycles. The third kappa shape index (κ3) is 8.82. The van der Waals surface area contributed by atoms with Crippen LogP contribution in [0.15, 0.2) is 4.99 Å². The minimum atomic E-state index is -0.361. The smallest absolute Gasteiger partial charge is 0.225 e. The largest absolute Gasteiger partial charge is 0.376 e. The third-order valence-corrected chi connectivity index (χ3v) is 4.96. The van der Waals surface area contributed by atoms with Crippen molar-refractivity contribution >= 4 is 35.8 Å². The topological polar surface area (TPSA) is 75.2 Å². The van der Waals surface area contributed by atoms with E-state index in [4.69, 9.17) is 9.47 Å². The molecule has 1 unspecified atom stereocenters. The van der Waals surface area contributed by atoms with Crippen LogP contribution in [0.4, 0.5) is 0 Å². The van der Waals surface area contributed by atoms with E-state index in [9.17, 15) is 4.79 Å². The number of ether oxygens (including phenoxy) is 2. The molecule has 2 saturated heterocycles. The highest BCUT2D eigenvalue weighted by atomic mass is 127. The number of carbonyl (C=O) groups is 1. The predicted octanol–water partition coefficient (Wildman–Crippen LogP) is 2.39. The van der Waals surface area contributed by atoms with Crippen molar-refractivity contribution in [3.8, 4) is 0 Å². The molecule has 28 heavy (non-hydrogen) atoms. The van der Waals surface area contributed by atoms with Crippen molar-refractivity contribution in [2.45, 2.75) is 65.6 Å². The van der Waals surface area contributed by atoms with E-state index in [1.54, 1.807) is 0 Å². The molecular weight excluding hydrogens is 471 g/mol. The highest BCUT2D eigenvalue weighted by molar-refractivity contribution is 14.0. The van der Waals surface area contributed by atoms with Crippen molar-refractivity contribution < 1.29 is 14.3 Å². The Morgan fingerprint density at radius 3 is 2.50 bits per heavy atom. The summed E-state index contributed by atoms with van der Waals surface area (Å²) in [5.41, 5.74) is -0.361. The Labute approximate surface area is 187 Å². The molecule has 2 aliphatic heterocycles. The molecule has 2 fully saturated rings. The van der Waals surface area contributed by atoms with E-state index in [-0.39, 0.29) is 35.3 Å². The number of nitrogens with zero attached hydrogens (tertiary/aromatic N) is 2. The predicted molar refractivity (Wildman–Crippen MR) is 123 cm³/mol. The van der Waals surface area contributed by atoms with Crippen molar-refractivity contribution in [2.24, 2.45) is 10.4 Å². The van der Waals surface area contributed by atoms with Gasteiger partial charge in [0, 0.05) is 38.2 Å². The Bertz CT molecular complexity index is 482. The molecule has 2 rings (SSSR count). The molecule has 0 aromatic carbocycles. The van der Waals surface area contributed by atoms with Crippen molar-refractivity contribution in [1.82, 2.24) is 15.5 Å². The lowest BCUT2D eigenvalue weighted by Gasteiger charge is -2.34. The second-order valence-corrected chi connectivity index (χ2v) is 8.40. The van der Waals surface area contributed by atoms with Gasteiger partial charge in [0.25, 0.3) is 0 Å². The molecule has 2 N–H and O–H groups in total. The summed E-state index contributed by atoms with van der Waals surface area (Å²) in [6.07, 6.45) is 4.92. The summed E-state index contributed by atoms with van der Waals surface area (Å²) in [4.78, 5) is 18.9. The van der Waals surface area contributed by atoms with Gasteiger partial charge >= 0.3 is 0 Å². The van der Waals surface area contributed by atoms with E-state index < -0.39 is 0 Å². The van der Waals surface area contributed by atoms with Crippen LogP contribution in [0.5, 0.6) is 0 Å². The molecule has 1 amide bonds. The number of piperidine rings is 1. The van der Waals surface area contributed by atoms with E-state index >= 15 is 0 Å². The van der Waals surface area contributed by atoms with Crippen molar-refractivity contribution in [3.63, 3.8) is 0 Å². The minimum Gasteiger partial charge on any atom is -0.376 e. The molecule has 0 bridgehead atoms. The number of halogens is 1. The molecule has 0 aliphatic carbocycles. The fourth-order valence-electron chi connectivity index (χ4n) is 3.28. The Morgan fingerprint density at radius 2 is 1.93 bits per heavy atom. The number of nitrogens with one attached hydrogen (secondary N) is 2. The van der Waals surface area contributed by atoms with Crippen molar-refractivity contribution in [2.75, 3.05) is 45.9 Å². The lowest BCUT2D eigenvalue weighted by atomic mass is 9.96. The fraction of sp³-hybridized carbons (Fsp3) is 0.900. The Balaban J connectivity index is 0.00000392. The van der Waals surface area contributed by atoms with Gasteiger partial charge in [-0.1, -0.05) is 20.8 Å². The molecule has 0 saturated carbocycles. The normalized spacial score (nSPS) is 21.4. The Morgan fingerprint density at radius 1 is 1.21 bits per heavy atom. The number of guanidine groups is 1. The number of aliphatic imine (C=N–C) groups is 1. The maximum atomic E-state index is 11.9. The molecule has 1 atom stereocenters. The molecule has 7 nitrogen and oxygen atoms in total. The summed E-state index contributed by atoms with van der Waals surface area (Å²) in [5, 5.41) is 6.31. The molecular formula is C20H39IN4O3. The number of carbonyl (C=O) groups excluding carboxylic acids is 1. The molecule has 0 aromatic rings. The molecule has 0 radical (unpaired) electrons. The third-order valence-electron chi connectivity index (χ3n) is 4.96. The number of amides is 1. The van der Waals surface area contributed by atoms with Gasteiger partial charge in [0.15, 0.2) is 5.96 Å². The van der Waals surface area contributed by atoms with Crippen LogP contribution < -0.4 is 10.6 Å². The zero-order valence-electron chi connectivity index (χ0n) is 18.0. The van der Waals surface area contributed by atoms with Crippen LogP contribution in [0.2, 0.25) is 0 Å². The first-order chi connectivity index (χ1) is 12.9. The summed E-state index contributed by atoms with van der Waals surface area (Å²) in [6, 6.07) is 0. The van der Waals surface area contributed by atoms with Gasteiger partial charge in [-0.25, -0.2) is 0 Å². The van der Waals surface area contributed by atoms with Gasteiger partial charge < -0.3 is 25.0 Å². The average Bonchev–Trinajstić information content (AvgIpc) is 3.15. The highest BCUT2D eigenvalue weighted by Crippen LogP contribution is 2.18. The fourth-order valence-corrected chi connectivity index (χ4v) is 3.28. The molecule has 164 valence electrons. The maximum Gasteiger partial charge on any atom is 0.225 e. The zero-order valence-corrected chi connectivity index (χ0v) is 20.3.